The van der Waals surface area contributed by atoms with Crippen LogP contribution >= 0.6 is 0 Å². The van der Waals surface area contributed by atoms with Crippen molar-refractivity contribution in [2.75, 3.05) is 0 Å². The summed E-state index contributed by atoms with van der Waals surface area (Å²) in [5.74, 6) is 0. The fourth-order valence-electron chi connectivity index (χ4n) is 2.66. The molecule has 0 heterocycles. The van der Waals surface area contributed by atoms with E-state index in [4.69, 9.17) is 0 Å². The van der Waals surface area contributed by atoms with E-state index in [0.29, 0.717) is 0 Å². The zero-order chi connectivity index (χ0) is 22.3. The molecule has 0 aliphatic carbocycles. The molecule has 0 aromatic heterocycles. The molecule has 0 saturated heterocycles. The molecule has 1 radical (unpaired) electrons. The monoisotopic (exact) mass is 542 g/mol. The quantitative estimate of drug-likeness (QED) is 0.432. The Morgan fingerprint density at radius 1 is 0.724 bits per heavy atom. The third-order valence-electron chi connectivity index (χ3n) is 4.44. The summed E-state index contributed by atoms with van der Waals surface area (Å²) in [7, 11) is -5.70. The lowest BCUT2D eigenvalue weighted by Gasteiger charge is -2.21. The number of hydrogen-bond acceptors (Lipinski definition) is 3. The first-order valence-corrected chi connectivity index (χ1v) is 13.6. The molecule has 0 fully saturated rings. The van der Waals surface area contributed by atoms with Gasteiger partial charge in [-0.15, -0.1) is 8.78 Å². The van der Waals surface area contributed by atoms with E-state index < -0.39 is 33.2 Å². The average molecular weight is 542 g/mol. The molecule has 0 atom stereocenters. The molecule has 8 heteroatoms. The van der Waals surface area contributed by atoms with Crippen LogP contribution in [0.1, 0.15) is 52.7 Å². The summed E-state index contributed by atoms with van der Waals surface area (Å²) in [6.07, 6.45) is 0. The van der Waals surface area contributed by atoms with Gasteiger partial charge in [0.15, 0.2) is 7.14 Å². The van der Waals surface area contributed by atoms with Crippen LogP contribution in [0, 0.1) is 7.14 Å². The highest BCUT2D eigenvalue weighted by Crippen LogP contribution is 2.23. The van der Waals surface area contributed by atoms with Crippen LogP contribution < -0.4 is 19.8 Å². The van der Waals surface area contributed by atoms with Crippen LogP contribution in [0.15, 0.2) is 48.5 Å². The van der Waals surface area contributed by atoms with E-state index in [2.05, 4.69) is 4.39 Å². The number of benzene rings is 2. The van der Waals surface area contributed by atoms with Crippen LogP contribution in [-0.4, -0.2) is 11.7 Å². The number of alkyl halides is 3. The van der Waals surface area contributed by atoms with Gasteiger partial charge in [0, 0.05) is 0 Å². The van der Waals surface area contributed by atoms with Crippen molar-refractivity contribution in [2.45, 2.75) is 55.6 Å². The van der Waals surface area contributed by atoms with Gasteiger partial charge in [-0.05, 0) is 50.7 Å². The molecule has 3 nitrogen and oxygen atoms in total. The van der Waals surface area contributed by atoms with Crippen LogP contribution in [-0.2, 0) is 25.3 Å². The summed E-state index contributed by atoms with van der Waals surface area (Å²) in [6.45, 7) is 11.9. The second-order valence-electron chi connectivity index (χ2n) is 8.76. The van der Waals surface area contributed by atoms with Crippen LogP contribution in [0.25, 0.3) is 0 Å². The molecule has 0 aliphatic rings. The summed E-state index contributed by atoms with van der Waals surface area (Å²) >= 11 is -3.97. The van der Waals surface area contributed by atoms with Gasteiger partial charge in [0.25, 0.3) is 0 Å². The van der Waals surface area contributed by atoms with Crippen LogP contribution in [0.4, 0.5) is 13.3 Å². The van der Waals surface area contributed by atoms with Crippen LogP contribution in [0.5, 0.6) is 0 Å². The Morgan fingerprint density at radius 2 is 1.03 bits per heavy atom. The highest BCUT2D eigenvalue weighted by Gasteiger charge is 2.67. The number of hydrogen-bond donors (Lipinski definition) is 0. The summed E-state index contributed by atoms with van der Waals surface area (Å²) in [6, 6.07) is 12.9. The Balaban J connectivity index is 2.64. The van der Waals surface area contributed by atoms with Crippen molar-refractivity contribution in [1.29, 1.82) is 0 Å². The molecular formula is C21H26F3IO3S+. The zero-order valence-corrected chi connectivity index (χ0v) is 20.2. The van der Waals surface area contributed by atoms with Crippen LogP contribution in [0.3, 0.4) is 0 Å². The van der Waals surface area contributed by atoms with Crippen molar-refractivity contribution in [3.63, 3.8) is 0 Å². The van der Waals surface area contributed by atoms with Gasteiger partial charge in [-0.25, -0.2) is 0 Å². The highest BCUT2D eigenvalue weighted by molar-refractivity contribution is 7.87. The predicted octanol–water partition coefficient (Wildman–Crippen LogP) is 2.73. The molecule has 0 spiro atoms. The third-order valence-corrected chi connectivity index (χ3v) is 13.0. The third kappa shape index (κ3) is 5.14. The maximum atomic E-state index is 15.0. The lowest BCUT2D eigenvalue weighted by atomic mass is 9.87. The fourth-order valence-corrected chi connectivity index (χ4v) is 10.3. The summed E-state index contributed by atoms with van der Waals surface area (Å²) in [4.78, 5) is 0. The van der Waals surface area contributed by atoms with Gasteiger partial charge >= 0.3 is 13.4 Å². The minimum atomic E-state index is -5.70. The van der Waals surface area contributed by atoms with Crippen molar-refractivity contribution in [2.24, 2.45) is 0 Å². The van der Waals surface area contributed by atoms with Gasteiger partial charge < -0.3 is 0 Å². The maximum Gasteiger partial charge on any atom is 0.540 e. The predicted molar refractivity (Wildman–Crippen MR) is 104 cm³/mol. The standard InChI is InChI=1S/C21H26F3IO3S/c1-19(2,3)15-7-11-17(12-8-15)25(21(22,23)29(26,27)28-24)18-13-9-16(10-14-18)20(4,5)6/h7-14H,1-6H3/q+1. The molecule has 0 bridgehead atoms. The summed E-state index contributed by atoms with van der Waals surface area (Å²) < 4.78 is 64.9. The van der Waals surface area contributed by atoms with Gasteiger partial charge in [-0.2, -0.15) is 8.42 Å². The largest absolute Gasteiger partial charge is 0.540 e. The molecule has 2 rings (SSSR count). The van der Waals surface area contributed by atoms with Crippen molar-refractivity contribution in [3.05, 3.63) is 66.8 Å². The Bertz CT molecular complexity index is 885. The Morgan fingerprint density at radius 3 is 1.28 bits per heavy atom. The van der Waals surface area contributed by atoms with Gasteiger partial charge in [0.1, 0.15) is 0 Å². The van der Waals surface area contributed by atoms with E-state index in [1.807, 2.05) is 41.5 Å². The molecule has 0 saturated carbocycles. The molecule has 0 aliphatic heterocycles. The van der Waals surface area contributed by atoms with Gasteiger partial charge in [-0.3, -0.25) is 0 Å². The zero-order valence-electron chi connectivity index (χ0n) is 17.3. The molecular weight excluding hydrogens is 516 g/mol. The summed E-state index contributed by atoms with van der Waals surface area (Å²) in [5.41, 5.74) is 1.46. The smallest absolute Gasteiger partial charge is 0.185 e. The maximum absolute atomic E-state index is 15.0. The number of rotatable bonds is 5. The molecule has 2 aromatic rings. The van der Waals surface area contributed by atoms with Gasteiger partial charge in [0.05, 0.1) is 0 Å². The molecule has 0 N–H and O–H groups in total. The fraction of sp³-hybridized carbons (Fsp3) is 0.429. The summed E-state index contributed by atoms with van der Waals surface area (Å²) in [5, 5.41) is 0. The Kier molecular flexibility index (Phi) is 6.81. The molecule has 0 amide bonds. The first-order chi connectivity index (χ1) is 13.1. The SMILES string of the molecule is CC(C)(C)c1ccc([I+](c2ccc(C(C)(C)C)cc2)C(F)(F)S(=O)(=O)OF)cc1. The first kappa shape index (κ1) is 24.1. The van der Waals surface area contributed by atoms with Crippen molar-refractivity contribution < 1.29 is 45.9 Å². The van der Waals surface area contributed by atoms with Crippen LogP contribution in [0.2, 0.25) is 0 Å². The average Bonchev–Trinajstić information content (AvgIpc) is 2.61. The molecule has 2 aromatic carbocycles. The normalized spacial score (nSPS) is 13.7. The van der Waals surface area contributed by atoms with Gasteiger partial charge in [-0.1, -0.05) is 70.2 Å². The molecule has 161 valence electrons. The van der Waals surface area contributed by atoms with E-state index in [1.54, 1.807) is 24.3 Å². The minimum Gasteiger partial charge on any atom is -0.185 e. The van der Waals surface area contributed by atoms with E-state index in [0.717, 1.165) is 11.1 Å². The second kappa shape index (κ2) is 8.19. The number of halogens is 4. The van der Waals surface area contributed by atoms with Crippen molar-refractivity contribution >= 4 is 10.1 Å². The lowest BCUT2D eigenvalue weighted by Crippen LogP contribution is -3.90. The second-order valence-corrected chi connectivity index (χ2v) is 16.5. The van der Waals surface area contributed by atoms with Crippen molar-refractivity contribution in [1.82, 2.24) is 0 Å². The van der Waals surface area contributed by atoms with Gasteiger partial charge in [0.2, 0.25) is 19.8 Å². The Hall–Kier alpha value is -1.13. The first-order valence-electron chi connectivity index (χ1n) is 8.95. The van der Waals surface area contributed by atoms with E-state index in [-0.39, 0.29) is 18.0 Å². The van der Waals surface area contributed by atoms with E-state index in [9.17, 15) is 12.9 Å². The van der Waals surface area contributed by atoms with Crippen molar-refractivity contribution in [3.8, 4) is 0 Å². The molecule has 29 heavy (non-hydrogen) atoms. The minimum absolute atomic E-state index is 0.192. The topological polar surface area (TPSA) is 43.4 Å². The Labute approximate surface area is 178 Å². The van der Waals surface area contributed by atoms with E-state index >= 15 is 8.78 Å². The molecule has 0 unspecified atom stereocenters. The lowest BCUT2D eigenvalue weighted by molar-refractivity contribution is -0.931. The highest BCUT2D eigenvalue weighted by atomic mass is 127. The van der Waals surface area contributed by atoms with E-state index in [1.165, 1.54) is 24.3 Å².